The van der Waals surface area contributed by atoms with Crippen LogP contribution in [0.1, 0.15) is 36.5 Å². The third-order valence-electron chi connectivity index (χ3n) is 2.87. The molecule has 0 saturated heterocycles. The number of aromatic nitrogens is 1. The quantitative estimate of drug-likeness (QED) is 0.659. The van der Waals surface area contributed by atoms with Gasteiger partial charge in [0.1, 0.15) is 5.56 Å². The zero-order valence-corrected chi connectivity index (χ0v) is 10.6. The molecule has 0 bridgehead atoms. The highest BCUT2D eigenvalue weighted by molar-refractivity contribution is 5.93. The van der Waals surface area contributed by atoms with E-state index < -0.39 is 5.97 Å². The summed E-state index contributed by atoms with van der Waals surface area (Å²) >= 11 is 0. The maximum Gasteiger partial charge on any atom is 0.339 e. The molecule has 1 atom stereocenters. The molecule has 1 aromatic rings. The van der Waals surface area contributed by atoms with Gasteiger partial charge in [0.05, 0.1) is 5.69 Å². The van der Waals surface area contributed by atoms with E-state index in [1.807, 2.05) is 0 Å². The summed E-state index contributed by atoms with van der Waals surface area (Å²) in [6.45, 7) is 2.92. The smallest absolute Gasteiger partial charge is 0.339 e. The summed E-state index contributed by atoms with van der Waals surface area (Å²) in [5, 5.41) is 21.1. The van der Waals surface area contributed by atoms with Crippen LogP contribution in [-0.4, -0.2) is 34.3 Å². The van der Waals surface area contributed by atoms with Crippen molar-refractivity contribution in [2.24, 2.45) is 5.92 Å². The van der Waals surface area contributed by atoms with Crippen LogP contribution in [0.2, 0.25) is 0 Å². The summed E-state index contributed by atoms with van der Waals surface area (Å²) in [4.78, 5) is 14.8. The number of nitrogens with zero attached hydrogens (tertiary/aromatic N) is 1. The van der Waals surface area contributed by atoms with Crippen molar-refractivity contribution < 1.29 is 15.0 Å². The Kier molecular flexibility index (Phi) is 6.14. The number of aliphatic hydroxyl groups is 1. The van der Waals surface area contributed by atoms with Gasteiger partial charge >= 0.3 is 5.97 Å². The molecule has 0 aliphatic rings. The van der Waals surface area contributed by atoms with Crippen molar-refractivity contribution in [2.75, 3.05) is 18.5 Å². The van der Waals surface area contributed by atoms with Crippen molar-refractivity contribution in [3.05, 3.63) is 24.0 Å². The number of hydrogen-bond donors (Lipinski definition) is 3. The lowest BCUT2D eigenvalue weighted by Gasteiger charge is -2.17. The first-order valence-corrected chi connectivity index (χ1v) is 6.21. The molecule has 1 rings (SSSR count). The van der Waals surface area contributed by atoms with Crippen molar-refractivity contribution in [1.82, 2.24) is 4.98 Å². The van der Waals surface area contributed by atoms with Gasteiger partial charge in [-0.2, -0.15) is 0 Å². The van der Waals surface area contributed by atoms with Gasteiger partial charge in [-0.1, -0.05) is 13.3 Å². The normalized spacial score (nSPS) is 12.1. The third kappa shape index (κ3) is 4.33. The van der Waals surface area contributed by atoms with Gasteiger partial charge in [-0.15, -0.1) is 0 Å². The van der Waals surface area contributed by atoms with E-state index in [2.05, 4.69) is 17.2 Å². The Balaban J connectivity index is 2.63. The molecule has 1 unspecified atom stereocenters. The van der Waals surface area contributed by atoms with E-state index in [4.69, 9.17) is 10.2 Å². The summed E-state index contributed by atoms with van der Waals surface area (Å²) in [5.74, 6) is -0.630. The highest BCUT2D eigenvalue weighted by Gasteiger charge is 2.12. The maximum absolute atomic E-state index is 11.0. The number of carbonyl (C=O) groups is 1. The van der Waals surface area contributed by atoms with Gasteiger partial charge < -0.3 is 15.5 Å². The van der Waals surface area contributed by atoms with E-state index in [0.717, 1.165) is 19.3 Å². The van der Waals surface area contributed by atoms with Crippen molar-refractivity contribution in [3.8, 4) is 0 Å². The monoisotopic (exact) mass is 252 g/mol. The molecule has 0 spiro atoms. The van der Waals surface area contributed by atoms with Crippen molar-refractivity contribution in [1.29, 1.82) is 0 Å². The van der Waals surface area contributed by atoms with Crippen LogP contribution >= 0.6 is 0 Å². The van der Waals surface area contributed by atoms with E-state index in [1.165, 1.54) is 6.20 Å². The molecule has 5 nitrogen and oxygen atoms in total. The number of pyridine rings is 1. The van der Waals surface area contributed by atoms with Gasteiger partial charge in [0.15, 0.2) is 0 Å². The number of nitrogens with one attached hydrogen (secondary N) is 1. The molecule has 0 aliphatic carbocycles. The second-order valence-electron chi connectivity index (χ2n) is 4.27. The molecular weight excluding hydrogens is 232 g/mol. The molecular formula is C13H20N2O3. The molecule has 0 radical (unpaired) electrons. The van der Waals surface area contributed by atoms with Gasteiger partial charge in [0, 0.05) is 25.5 Å². The lowest BCUT2D eigenvalue weighted by atomic mass is 10.00. The first-order chi connectivity index (χ1) is 8.69. The average molecular weight is 252 g/mol. The minimum Gasteiger partial charge on any atom is -0.478 e. The Morgan fingerprint density at radius 3 is 2.89 bits per heavy atom. The van der Waals surface area contributed by atoms with Crippen LogP contribution in [0.15, 0.2) is 18.5 Å². The van der Waals surface area contributed by atoms with Gasteiger partial charge in [0.25, 0.3) is 0 Å². The molecule has 0 fully saturated rings. The topological polar surface area (TPSA) is 82.5 Å². The third-order valence-corrected chi connectivity index (χ3v) is 2.87. The molecule has 5 heteroatoms. The summed E-state index contributed by atoms with van der Waals surface area (Å²) in [6.07, 6.45) is 5.70. The summed E-state index contributed by atoms with van der Waals surface area (Å²) in [7, 11) is 0. The minimum atomic E-state index is -0.986. The Morgan fingerprint density at radius 1 is 1.50 bits per heavy atom. The number of rotatable bonds is 8. The van der Waals surface area contributed by atoms with Crippen LogP contribution in [0.25, 0.3) is 0 Å². The standard InChI is InChI=1S/C13H20N2O3/c1-2-3-10(5-7-16)8-15-12-4-6-14-9-11(12)13(17)18/h4,6,9-10,16H,2-3,5,7-8H2,1H3,(H,14,15)(H,17,18). The zero-order chi connectivity index (χ0) is 13.4. The summed E-state index contributed by atoms with van der Waals surface area (Å²) in [5.41, 5.74) is 0.758. The highest BCUT2D eigenvalue weighted by atomic mass is 16.4. The van der Waals surface area contributed by atoms with Crippen molar-refractivity contribution >= 4 is 11.7 Å². The first kappa shape index (κ1) is 14.4. The molecule has 1 aromatic heterocycles. The van der Waals surface area contributed by atoms with Crippen LogP contribution in [-0.2, 0) is 0 Å². The number of carboxylic acids is 1. The second-order valence-corrected chi connectivity index (χ2v) is 4.27. The zero-order valence-electron chi connectivity index (χ0n) is 10.6. The van der Waals surface area contributed by atoms with E-state index >= 15 is 0 Å². The predicted octanol–water partition coefficient (Wildman–Crippen LogP) is 1.99. The molecule has 1 heterocycles. The van der Waals surface area contributed by atoms with Gasteiger partial charge in [-0.25, -0.2) is 4.79 Å². The highest BCUT2D eigenvalue weighted by Crippen LogP contribution is 2.16. The number of carboxylic acid groups (broad SMARTS) is 1. The lowest BCUT2D eigenvalue weighted by molar-refractivity contribution is 0.0697. The largest absolute Gasteiger partial charge is 0.478 e. The van der Waals surface area contributed by atoms with E-state index in [9.17, 15) is 4.79 Å². The fourth-order valence-corrected chi connectivity index (χ4v) is 1.91. The van der Waals surface area contributed by atoms with Crippen LogP contribution in [0.5, 0.6) is 0 Å². The Morgan fingerprint density at radius 2 is 2.28 bits per heavy atom. The van der Waals surface area contributed by atoms with Gasteiger partial charge in [-0.3, -0.25) is 4.98 Å². The fourth-order valence-electron chi connectivity index (χ4n) is 1.91. The van der Waals surface area contributed by atoms with Crippen LogP contribution in [0.3, 0.4) is 0 Å². The fraction of sp³-hybridized carbons (Fsp3) is 0.538. The Bertz CT molecular complexity index is 376. The SMILES string of the molecule is CCCC(CCO)CNc1ccncc1C(=O)O. The molecule has 0 aromatic carbocycles. The second kappa shape index (κ2) is 7.66. The van der Waals surface area contributed by atoms with Crippen LogP contribution in [0.4, 0.5) is 5.69 Å². The number of aromatic carboxylic acids is 1. The molecule has 3 N–H and O–H groups in total. The Labute approximate surface area is 107 Å². The van der Waals surface area contributed by atoms with Crippen LogP contribution in [0, 0.1) is 5.92 Å². The molecule has 0 amide bonds. The first-order valence-electron chi connectivity index (χ1n) is 6.21. The number of anilines is 1. The lowest BCUT2D eigenvalue weighted by Crippen LogP contribution is -2.17. The van der Waals surface area contributed by atoms with E-state index in [-0.39, 0.29) is 12.2 Å². The maximum atomic E-state index is 11.0. The summed E-state index contributed by atoms with van der Waals surface area (Å²) in [6, 6.07) is 1.66. The van der Waals surface area contributed by atoms with Crippen LogP contribution < -0.4 is 5.32 Å². The molecule has 0 saturated carbocycles. The predicted molar refractivity (Wildman–Crippen MR) is 69.8 cm³/mol. The number of aliphatic hydroxyl groups excluding tert-OH is 1. The van der Waals surface area contributed by atoms with Gasteiger partial charge in [0.2, 0.25) is 0 Å². The Hall–Kier alpha value is -1.62. The van der Waals surface area contributed by atoms with Crippen molar-refractivity contribution in [3.63, 3.8) is 0 Å². The van der Waals surface area contributed by atoms with Gasteiger partial charge in [-0.05, 0) is 24.8 Å². The minimum absolute atomic E-state index is 0.161. The molecule has 100 valence electrons. The van der Waals surface area contributed by atoms with E-state index in [0.29, 0.717) is 18.2 Å². The number of hydrogen-bond acceptors (Lipinski definition) is 4. The van der Waals surface area contributed by atoms with E-state index in [1.54, 1.807) is 12.3 Å². The summed E-state index contributed by atoms with van der Waals surface area (Å²) < 4.78 is 0. The molecule has 0 aliphatic heterocycles. The average Bonchev–Trinajstić information content (AvgIpc) is 2.36. The van der Waals surface area contributed by atoms with Crippen molar-refractivity contribution in [2.45, 2.75) is 26.2 Å². The molecule has 18 heavy (non-hydrogen) atoms.